The standard InChI is InChI=1S/C12H21NO5/c1-12(2,3)18-11(16)13-6-5-8(17-4)7-9(13)10(14)15/h8-9H,5-7H2,1-4H3,(H,14,15)/t8-,9+/m0/s1. The molecule has 1 rings (SSSR count). The Hall–Kier alpha value is -1.30. The third kappa shape index (κ3) is 3.87. The Balaban J connectivity index is 2.74. The van der Waals surface area contributed by atoms with Gasteiger partial charge in [-0.05, 0) is 27.2 Å². The largest absolute Gasteiger partial charge is 0.480 e. The van der Waals surface area contributed by atoms with Crippen LogP contribution in [0, 0.1) is 0 Å². The summed E-state index contributed by atoms with van der Waals surface area (Å²) in [5.41, 5.74) is -0.627. The molecule has 104 valence electrons. The zero-order valence-electron chi connectivity index (χ0n) is 11.3. The maximum atomic E-state index is 11.9. The number of carboxylic acid groups (broad SMARTS) is 1. The summed E-state index contributed by atoms with van der Waals surface area (Å²) >= 11 is 0. The van der Waals surface area contributed by atoms with E-state index in [1.54, 1.807) is 27.9 Å². The number of hydrogen-bond donors (Lipinski definition) is 1. The van der Waals surface area contributed by atoms with Gasteiger partial charge in [-0.3, -0.25) is 4.90 Å². The van der Waals surface area contributed by atoms with E-state index in [1.165, 1.54) is 4.90 Å². The second-order valence-electron chi connectivity index (χ2n) is 5.41. The minimum absolute atomic E-state index is 0.121. The van der Waals surface area contributed by atoms with Crippen LogP contribution < -0.4 is 0 Å². The van der Waals surface area contributed by atoms with Gasteiger partial charge in [0.1, 0.15) is 11.6 Å². The number of carbonyl (C=O) groups excluding carboxylic acids is 1. The molecule has 0 bridgehead atoms. The summed E-state index contributed by atoms with van der Waals surface area (Å²) in [6.45, 7) is 5.60. The molecule has 0 aromatic carbocycles. The lowest BCUT2D eigenvalue weighted by atomic mass is 10.00. The van der Waals surface area contributed by atoms with Crippen molar-refractivity contribution < 1.29 is 24.2 Å². The number of nitrogens with zero attached hydrogens (tertiary/aromatic N) is 1. The Labute approximate surface area is 107 Å². The Bertz CT molecular complexity index is 323. The van der Waals surface area contributed by atoms with Gasteiger partial charge in [-0.15, -0.1) is 0 Å². The molecule has 0 radical (unpaired) electrons. The Morgan fingerprint density at radius 3 is 2.39 bits per heavy atom. The number of carboxylic acids is 1. The first-order valence-corrected chi connectivity index (χ1v) is 6.00. The fourth-order valence-corrected chi connectivity index (χ4v) is 1.92. The molecule has 2 atom stereocenters. The zero-order valence-corrected chi connectivity index (χ0v) is 11.3. The molecule has 1 N–H and O–H groups in total. The number of amides is 1. The van der Waals surface area contributed by atoms with Crippen molar-refractivity contribution in [1.29, 1.82) is 0 Å². The van der Waals surface area contributed by atoms with Crippen LogP contribution in [-0.4, -0.2) is 53.5 Å². The number of piperidine rings is 1. The smallest absolute Gasteiger partial charge is 0.411 e. The van der Waals surface area contributed by atoms with Crippen LogP contribution in [-0.2, 0) is 14.3 Å². The molecular weight excluding hydrogens is 238 g/mol. The van der Waals surface area contributed by atoms with E-state index in [2.05, 4.69) is 0 Å². The highest BCUT2D eigenvalue weighted by molar-refractivity contribution is 5.80. The molecule has 18 heavy (non-hydrogen) atoms. The lowest BCUT2D eigenvalue weighted by molar-refractivity contribution is -0.146. The summed E-state index contributed by atoms with van der Waals surface area (Å²) < 4.78 is 10.4. The quantitative estimate of drug-likeness (QED) is 0.813. The average Bonchev–Trinajstić information content (AvgIpc) is 2.25. The third-order valence-corrected chi connectivity index (χ3v) is 2.80. The number of carbonyl (C=O) groups is 2. The second-order valence-corrected chi connectivity index (χ2v) is 5.41. The molecular formula is C12H21NO5. The molecule has 0 unspecified atom stereocenters. The molecule has 6 heteroatoms. The van der Waals surface area contributed by atoms with E-state index < -0.39 is 23.7 Å². The van der Waals surface area contributed by atoms with Crippen LogP contribution in [0.15, 0.2) is 0 Å². The number of ether oxygens (including phenoxy) is 2. The van der Waals surface area contributed by atoms with Crippen molar-refractivity contribution in [3.8, 4) is 0 Å². The third-order valence-electron chi connectivity index (χ3n) is 2.80. The normalized spacial score (nSPS) is 24.8. The summed E-state index contributed by atoms with van der Waals surface area (Å²) in [6.07, 6.45) is 0.221. The zero-order chi connectivity index (χ0) is 13.9. The highest BCUT2D eigenvalue weighted by atomic mass is 16.6. The van der Waals surface area contributed by atoms with Crippen molar-refractivity contribution in [2.75, 3.05) is 13.7 Å². The van der Waals surface area contributed by atoms with Crippen molar-refractivity contribution in [2.45, 2.75) is 51.4 Å². The van der Waals surface area contributed by atoms with Crippen LogP contribution in [0.25, 0.3) is 0 Å². The van der Waals surface area contributed by atoms with Gasteiger partial charge in [0.25, 0.3) is 0 Å². The van der Waals surface area contributed by atoms with Crippen molar-refractivity contribution in [3.05, 3.63) is 0 Å². The van der Waals surface area contributed by atoms with Gasteiger partial charge < -0.3 is 14.6 Å². The van der Waals surface area contributed by atoms with Crippen LogP contribution in [0.1, 0.15) is 33.6 Å². The minimum atomic E-state index is -1.03. The number of aliphatic carboxylic acids is 1. The van der Waals surface area contributed by atoms with Crippen LogP contribution in [0.4, 0.5) is 4.79 Å². The minimum Gasteiger partial charge on any atom is -0.480 e. The summed E-state index contributed by atoms with van der Waals surface area (Å²) in [6, 6.07) is -0.876. The van der Waals surface area contributed by atoms with Gasteiger partial charge in [-0.2, -0.15) is 0 Å². The molecule has 0 aromatic heterocycles. The molecule has 0 aromatic rings. The molecule has 0 spiro atoms. The fourth-order valence-electron chi connectivity index (χ4n) is 1.92. The first kappa shape index (κ1) is 14.8. The van der Waals surface area contributed by atoms with Crippen molar-refractivity contribution in [3.63, 3.8) is 0 Å². The maximum absolute atomic E-state index is 11.9. The molecule has 1 saturated heterocycles. The molecule has 1 aliphatic rings. The molecule has 0 aliphatic carbocycles. The number of methoxy groups -OCH3 is 1. The number of likely N-dealkylation sites (tertiary alicyclic amines) is 1. The highest BCUT2D eigenvalue weighted by Crippen LogP contribution is 2.22. The topological polar surface area (TPSA) is 76.1 Å². The fraction of sp³-hybridized carbons (Fsp3) is 0.833. The first-order chi connectivity index (χ1) is 8.24. The maximum Gasteiger partial charge on any atom is 0.411 e. The predicted molar refractivity (Wildman–Crippen MR) is 64.4 cm³/mol. The molecule has 6 nitrogen and oxygen atoms in total. The predicted octanol–water partition coefficient (Wildman–Crippen LogP) is 1.49. The molecule has 1 amide bonds. The van der Waals surface area contributed by atoms with E-state index in [-0.39, 0.29) is 6.10 Å². The van der Waals surface area contributed by atoms with Crippen molar-refractivity contribution in [2.24, 2.45) is 0 Å². The molecule has 0 saturated carbocycles. The van der Waals surface area contributed by atoms with Crippen LogP contribution in [0.5, 0.6) is 0 Å². The van der Waals surface area contributed by atoms with Gasteiger partial charge in [0.05, 0.1) is 6.10 Å². The van der Waals surface area contributed by atoms with Gasteiger partial charge in [-0.25, -0.2) is 9.59 Å². The summed E-state index contributed by atoms with van der Waals surface area (Å²) in [7, 11) is 1.55. The molecule has 1 fully saturated rings. The summed E-state index contributed by atoms with van der Waals surface area (Å²) in [5, 5.41) is 9.16. The van der Waals surface area contributed by atoms with Gasteiger partial charge in [0.2, 0.25) is 0 Å². The van der Waals surface area contributed by atoms with Crippen LogP contribution in [0.2, 0.25) is 0 Å². The van der Waals surface area contributed by atoms with Crippen LogP contribution in [0.3, 0.4) is 0 Å². The van der Waals surface area contributed by atoms with Gasteiger partial charge in [0.15, 0.2) is 0 Å². The monoisotopic (exact) mass is 259 g/mol. The van der Waals surface area contributed by atoms with Gasteiger partial charge in [0, 0.05) is 20.1 Å². The van der Waals surface area contributed by atoms with E-state index in [0.717, 1.165) is 0 Å². The van der Waals surface area contributed by atoms with E-state index in [1.807, 2.05) is 0 Å². The van der Waals surface area contributed by atoms with Crippen LogP contribution >= 0.6 is 0 Å². The average molecular weight is 259 g/mol. The highest BCUT2D eigenvalue weighted by Gasteiger charge is 2.38. The van der Waals surface area contributed by atoms with E-state index in [4.69, 9.17) is 14.6 Å². The lowest BCUT2D eigenvalue weighted by Gasteiger charge is -2.37. The Morgan fingerprint density at radius 1 is 1.33 bits per heavy atom. The molecule has 1 heterocycles. The van der Waals surface area contributed by atoms with E-state index in [9.17, 15) is 9.59 Å². The molecule has 1 aliphatic heterocycles. The number of rotatable bonds is 2. The summed E-state index contributed by atoms with van der Waals surface area (Å²) in [4.78, 5) is 24.4. The van der Waals surface area contributed by atoms with Gasteiger partial charge in [-0.1, -0.05) is 0 Å². The Morgan fingerprint density at radius 2 is 1.94 bits per heavy atom. The lowest BCUT2D eigenvalue weighted by Crippen LogP contribution is -2.52. The summed E-state index contributed by atoms with van der Waals surface area (Å²) in [5.74, 6) is -1.03. The number of hydrogen-bond acceptors (Lipinski definition) is 4. The van der Waals surface area contributed by atoms with E-state index >= 15 is 0 Å². The Kier molecular flexibility index (Phi) is 4.56. The van der Waals surface area contributed by atoms with E-state index in [0.29, 0.717) is 19.4 Å². The van der Waals surface area contributed by atoms with Crippen molar-refractivity contribution in [1.82, 2.24) is 4.90 Å². The van der Waals surface area contributed by atoms with Crippen molar-refractivity contribution >= 4 is 12.1 Å². The SMILES string of the molecule is CO[C@H]1CCN(C(=O)OC(C)(C)C)[C@@H](C(=O)O)C1. The second kappa shape index (κ2) is 5.56. The first-order valence-electron chi connectivity index (χ1n) is 6.00. The van der Waals surface area contributed by atoms with Gasteiger partial charge >= 0.3 is 12.1 Å².